The van der Waals surface area contributed by atoms with Crippen molar-refractivity contribution in [3.8, 4) is 0 Å². The number of nitrogens with one attached hydrogen (secondary N) is 1. The Bertz CT molecular complexity index is 1150. The van der Waals surface area contributed by atoms with Gasteiger partial charge in [-0.3, -0.25) is 9.20 Å². The Labute approximate surface area is 180 Å². The van der Waals surface area contributed by atoms with E-state index < -0.39 is 0 Å². The highest BCUT2D eigenvalue weighted by Gasteiger charge is 2.21. The van der Waals surface area contributed by atoms with Crippen molar-refractivity contribution in [1.82, 2.24) is 14.6 Å². The average molecular weight is 419 g/mol. The average Bonchev–Trinajstić information content (AvgIpc) is 3.20. The Morgan fingerprint density at radius 2 is 1.83 bits per heavy atom. The molecule has 2 heterocycles. The maximum Gasteiger partial charge on any atom is 0.237 e. The monoisotopic (exact) mass is 418 g/mol. The number of rotatable bonds is 8. The molecule has 1 amide bonds. The first kappa shape index (κ1) is 20.4. The minimum atomic E-state index is -0.254. The Morgan fingerprint density at radius 3 is 2.60 bits per heavy atom. The number of fused-ring (bicyclic) bond motifs is 3. The molecular formula is C24H26N4OS. The highest BCUT2D eigenvalue weighted by atomic mass is 32.2. The molecule has 2 aromatic heterocycles. The zero-order valence-corrected chi connectivity index (χ0v) is 18.2. The number of thioether (sulfide) groups is 1. The molecule has 1 N–H and O–H groups in total. The van der Waals surface area contributed by atoms with E-state index in [4.69, 9.17) is 0 Å². The molecule has 0 aliphatic rings. The maximum atomic E-state index is 12.9. The van der Waals surface area contributed by atoms with Crippen LogP contribution >= 0.6 is 11.8 Å². The number of para-hydroxylation sites is 1. The van der Waals surface area contributed by atoms with Gasteiger partial charge in [0.05, 0.1) is 10.8 Å². The largest absolute Gasteiger partial charge is 0.325 e. The van der Waals surface area contributed by atoms with Crippen LogP contribution in [0.1, 0.15) is 38.7 Å². The fourth-order valence-electron chi connectivity index (χ4n) is 3.50. The zero-order valence-electron chi connectivity index (χ0n) is 17.3. The summed E-state index contributed by atoms with van der Waals surface area (Å²) in [6, 6.07) is 20.3. The summed E-state index contributed by atoms with van der Waals surface area (Å²) in [6.07, 6.45) is 4.14. The van der Waals surface area contributed by atoms with Crippen LogP contribution in [0.5, 0.6) is 0 Å². The third-order valence-corrected chi connectivity index (χ3v) is 6.51. The summed E-state index contributed by atoms with van der Waals surface area (Å²) in [4.78, 5) is 12.9. The summed E-state index contributed by atoms with van der Waals surface area (Å²) < 4.78 is 2.03. The SMILES string of the molecule is CCCCc1ccc(NC(=O)C(CC)Sc2nnc3ccc4ccccc4n23)cc1. The van der Waals surface area contributed by atoms with Crippen LogP contribution in [-0.2, 0) is 11.2 Å². The number of carbonyl (C=O) groups is 1. The van der Waals surface area contributed by atoms with E-state index in [-0.39, 0.29) is 11.2 Å². The summed E-state index contributed by atoms with van der Waals surface area (Å²) in [5.74, 6) is -0.0132. The van der Waals surface area contributed by atoms with Gasteiger partial charge in [-0.2, -0.15) is 0 Å². The number of aromatic nitrogens is 3. The first-order valence-electron chi connectivity index (χ1n) is 10.5. The summed E-state index contributed by atoms with van der Waals surface area (Å²) in [5, 5.41) is 13.3. The summed E-state index contributed by atoms with van der Waals surface area (Å²) in [7, 11) is 0. The molecule has 154 valence electrons. The first-order chi connectivity index (χ1) is 14.7. The second kappa shape index (κ2) is 9.30. The lowest BCUT2D eigenvalue weighted by Gasteiger charge is -2.14. The van der Waals surface area contributed by atoms with Crippen molar-refractivity contribution in [3.63, 3.8) is 0 Å². The molecule has 0 radical (unpaired) electrons. The van der Waals surface area contributed by atoms with E-state index in [0.717, 1.165) is 33.8 Å². The number of amides is 1. The summed E-state index contributed by atoms with van der Waals surface area (Å²) in [5.41, 5.74) is 3.96. The second-order valence-electron chi connectivity index (χ2n) is 7.37. The predicted octanol–water partition coefficient (Wildman–Crippen LogP) is 5.73. The van der Waals surface area contributed by atoms with Gasteiger partial charge in [0.25, 0.3) is 0 Å². The highest BCUT2D eigenvalue weighted by Crippen LogP contribution is 2.28. The van der Waals surface area contributed by atoms with Gasteiger partial charge in [0, 0.05) is 5.69 Å². The summed E-state index contributed by atoms with van der Waals surface area (Å²) >= 11 is 1.46. The predicted molar refractivity (Wildman–Crippen MR) is 124 cm³/mol. The smallest absolute Gasteiger partial charge is 0.237 e. The third kappa shape index (κ3) is 4.33. The molecule has 0 fully saturated rings. The van der Waals surface area contributed by atoms with Gasteiger partial charge >= 0.3 is 0 Å². The van der Waals surface area contributed by atoms with Gasteiger partial charge in [0.2, 0.25) is 5.91 Å². The molecule has 2 aromatic carbocycles. The fraction of sp³-hybridized carbons (Fsp3) is 0.292. The van der Waals surface area contributed by atoms with E-state index in [1.54, 1.807) is 0 Å². The Hall–Kier alpha value is -2.86. The number of benzene rings is 2. The molecule has 1 unspecified atom stereocenters. The number of hydrogen-bond donors (Lipinski definition) is 1. The number of carbonyl (C=O) groups excluding carboxylic acids is 1. The van der Waals surface area contributed by atoms with Crippen molar-refractivity contribution in [2.24, 2.45) is 0 Å². The van der Waals surface area contributed by atoms with Gasteiger partial charge < -0.3 is 5.32 Å². The molecule has 0 bridgehead atoms. The molecule has 0 saturated carbocycles. The van der Waals surface area contributed by atoms with E-state index in [0.29, 0.717) is 6.42 Å². The van der Waals surface area contributed by atoms with Crippen molar-refractivity contribution in [3.05, 3.63) is 66.2 Å². The van der Waals surface area contributed by atoms with E-state index in [9.17, 15) is 4.79 Å². The quantitative estimate of drug-likeness (QED) is 0.371. The third-order valence-electron chi connectivity index (χ3n) is 5.20. The van der Waals surface area contributed by atoms with Crippen LogP contribution in [0.4, 0.5) is 5.69 Å². The van der Waals surface area contributed by atoms with E-state index in [1.165, 1.54) is 30.2 Å². The number of nitrogens with zero attached hydrogens (tertiary/aromatic N) is 3. The molecule has 4 rings (SSSR count). The zero-order chi connectivity index (χ0) is 20.9. The van der Waals surface area contributed by atoms with Gasteiger partial charge in [-0.15, -0.1) is 10.2 Å². The van der Waals surface area contributed by atoms with Crippen molar-refractivity contribution in [1.29, 1.82) is 0 Å². The van der Waals surface area contributed by atoms with Crippen LogP contribution in [0.3, 0.4) is 0 Å². The molecule has 1 atom stereocenters. The molecular weight excluding hydrogens is 392 g/mol. The molecule has 0 spiro atoms. The summed E-state index contributed by atoms with van der Waals surface area (Å²) in [6.45, 7) is 4.21. The lowest BCUT2D eigenvalue weighted by Crippen LogP contribution is -2.24. The number of hydrogen-bond acceptors (Lipinski definition) is 4. The molecule has 4 aromatic rings. The van der Waals surface area contributed by atoms with E-state index in [2.05, 4.69) is 46.7 Å². The van der Waals surface area contributed by atoms with Crippen molar-refractivity contribution in [2.45, 2.75) is 49.9 Å². The topological polar surface area (TPSA) is 59.3 Å². The maximum absolute atomic E-state index is 12.9. The van der Waals surface area contributed by atoms with Crippen LogP contribution in [0, 0.1) is 0 Å². The molecule has 6 heteroatoms. The highest BCUT2D eigenvalue weighted by molar-refractivity contribution is 8.00. The van der Waals surface area contributed by atoms with E-state index in [1.807, 2.05) is 47.7 Å². The molecule has 0 aliphatic carbocycles. The lowest BCUT2D eigenvalue weighted by molar-refractivity contribution is -0.115. The normalized spacial score (nSPS) is 12.3. The second-order valence-corrected chi connectivity index (χ2v) is 8.54. The van der Waals surface area contributed by atoms with Crippen LogP contribution in [0.15, 0.2) is 65.8 Å². The number of pyridine rings is 1. The van der Waals surface area contributed by atoms with Crippen LogP contribution in [0.2, 0.25) is 0 Å². The Morgan fingerprint density at radius 1 is 1.03 bits per heavy atom. The van der Waals surface area contributed by atoms with Crippen molar-refractivity contribution >= 4 is 39.9 Å². The van der Waals surface area contributed by atoms with E-state index >= 15 is 0 Å². The van der Waals surface area contributed by atoms with Gasteiger partial charge in [-0.1, -0.05) is 62.4 Å². The van der Waals surface area contributed by atoms with Gasteiger partial charge in [-0.05, 0) is 60.5 Å². The van der Waals surface area contributed by atoms with Crippen LogP contribution < -0.4 is 5.32 Å². The minimum Gasteiger partial charge on any atom is -0.325 e. The van der Waals surface area contributed by atoms with Crippen LogP contribution in [0.25, 0.3) is 16.6 Å². The number of aryl methyl sites for hydroxylation is 1. The fourth-order valence-corrected chi connectivity index (χ4v) is 4.47. The standard InChI is InChI=1S/C24H26N4OS/c1-3-5-8-17-11-14-19(15-12-17)25-23(29)21(4-2)30-24-27-26-22-16-13-18-9-6-7-10-20(18)28(22)24/h6-7,9-16,21H,3-5,8H2,1-2H3,(H,25,29). The molecule has 0 saturated heterocycles. The molecule has 5 nitrogen and oxygen atoms in total. The van der Waals surface area contributed by atoms with Gasteiger partial charge in [0.15, 0.2) is 10.8 Å². The number of unbranched alkanes of at least 4 members (excludes halogenated alkanes) is 1. The van der Waals surface area contributed by atoms with Crippen molar-refractivity contribution < 1.29 is 4.79 Å². The minimum absolute atomic E-state index is 0.0132. The molecule has 0 aliphatic heterocycles. The Kier molecular flexibility index (Phi) is 6.33. The van der Waals surface area contributed by atoms with Crippen molar-refractivity contribution in [2.75, 3.05) is 5.32 Å². The lowest BCUT2D eigenvalue weighted by atomic mass is 10.1. The molecule has 30 heavy (non-hydrogen) atoms. The van der Waals surface area contributed by atoms with Crippen LogP contribution in [-0.4, -0.2) is 25.8 Å². The van der Waals surface area contributed by atoms with Gasteiger partial charge in [-0.25, -0.2) is 0 Å². The van der Waals surface area contributed by atoms with Gasteiger partial charge in [0.1, 0.15) is 0 Å². The first-order valence-corrected chi connectivity index (χ1v) is 11.4. The number of anilines is 1. The Balaban J connectivity index is 1.52.